The average molecular weight is 280 g/mol. The molecule has 1 aromatic heterocycles. The van der Waals surface area contributed by atoms with E-state index in [0.29, 0.717) is 0 Å². The molecular weight excluding hydrogens is 264 g/mol. The van der Waals surface area contributed by atoms with E-state index in [1.807, 2.05) is 0 Å². The van der Waals surface area contributed by atoms with Crippen LogP contribution in [0.25, 0.3) is 0 Å². The molecule has 0 aliphatic heterocycles. The number of hydrogen-bond donors (Lipinski definition) is 1. The summed E-state index contributed by atoms with van der Waals surface area (Å²) >= 11 is 0. The van der Waals surface area contributed by atoms with Gasteiger partial charge in [0.25, 0.3) is 0 Å². The van der Waals surface area contributed by atoms with E-state index in [4.69, 9.17) is 11.5 Å². The lowest BCUT2D eigenvalue weighted by Gasteiger charge is -2.21. The number of aromatic nitrogens is 2. The molecule has 1 heterocycles. The molecule has 20 heavy (non-hydrogen) atoms. The van der Waals surface area contributed by atoms with Gasteiger partial charge in [0, 0.05) is 6.04 Å². The normalized spacial score (nSPS) is 10.3. The number of carboxylic acid groups (broad SMARTS) is 1. The maximum absolute atomic E-state index is 11.2. The average Bonchev–Trinajstić information content (AvgIpc) is 2.65. The highest BCUT2D eigenvalue weighted by molar-refractivity contribution is 5.75. The minimum absolute atomic E-state index is 0.0506. The Bertz CT molecular complexity index is 571. The second kappa shape index (κ2) is 6.06. The molecule has 0 aliphatic carbocycles. The first-order chi connectivity index (χ1) is 9.29. The highest BCUT2D eigenvalue weighted by atomic mass is 16.6. The van der Waals surface area contributed by atoms with Gasteiger partial charge in [-0.1, -0.05) is 5.92 Å². The van der Waals surface area contributed by atoms with Crippen LogP contribution >= 0.6 is 0 Å². The first kappa shape index (κ1) is 15.5. The summed E-state index contributed by atoms with van der Waals surface area (Å²) < 4.78 is 1.42. The molecule has 1 N–H and O–H groups in total. The van der Waals surface area contributed by atoms with Crippen LogP contribution in [0.3, 0.4) is 0 Å². The zero-order valence-electron chi connectivity index (χ0n) is 11.5. The Kier molecular flexibility index (Phi) is 4.69. The molecule has 0 radical (unpaired) electrons. The number of rotatable bonds is 6. The van der Waals surface area contributed by atoms with E-state index in [1.165, 1.54) is 16.5 Å². The summed E-state index contributed by atoms with van der Waals surface area (Å²) in [4.78, 5) is 22.8. The van der Waals surface area contributed by atoms with Gasteiger partial charge in [-0.3, -0.25) is 14.9 Å². The predicted octanol–water partition coefficient (Wildman–Crippen LogP) is 1.20. The van der Waals surface area contributed by atoms with Crippen LogP contribution in [-0.4, -0.2) is 38.9 Å². The van der Waals surface area contributed by atoms with Crippen molar-refractivity contribution in [1.82, 2.24) is 9.78 Å². The number of nitro groups is 1. The van der Waals surface area contributed by atoms with E-state index in [0.717, 1.165) is 0 Å². The van der Waals surface area contributed by atoms with E-state index in [2.05, 4.69) is 11.0 Å². The summed E-state index contributed by atoms with van der Waals surface area (Å²) in [6.45, 7) is 4.63. The second-order valence-electron chi connectivity index (χ2n) is 4.51. The number of aryl methyl sites for hydroxylation is 1. The van der Waals surface area contributed by atoms with Crippen LogP contribution in [0.4, 0.5) is 11.5 Å². The van der Waals surface area contributed by atoms with Crippen LogP contribution in [0.15, 0.2) is 0 Å². The lowest BCUT2D eigenvalue weighted by molar-refractivity contribution is -0.384. The summed E-state index contributed by atoms with van der Waals surface area (Å²) in [6, 6.07) is -0.161. The van der Waals surface area contributed by atoms with Gasteiger partial charge >= 0.3 is 11.7 Å². The maximum atomic E-state index is 11.2. The molecule has 8 heteroatoms. The van der Waals surface area contributed by atoms with Gasteiger partial charge in [0.05, 0.1) is 11.5 Å². The van der Waals surface area contributed by atoms with Gasteiger partial charge in [0.2, 0.25) is 5.82 Å². The molecule has 8 nitrogen and oxygen atoms in total. The molecule has 0 aromatic carbocycles. The van der Waals surface area contributed by atoms with Crippen LogP contribution in [0.5, 0.6) is 0 Å². The van der Waals surface area contributed by atoms with Crippen LogP contribution in [0.2, 0.25) is 0 Å². The zero-order chi connectivity index (χ0) is 15.4. The van der Waals surface area contributed by atoms with Crippen molar-refractivity contribution in [3.05, 3.63) is 15.8 Å². The Balaban J connectivity index is 3.47. The molecule has 0 spiro atoms. The minimum Gasteiger partial charge on any atom is -0.480 e. The summed E-state index contributed by atoms with van der Waals surface area (Å²) in [6.07, 6.45) is 5.22. The molecule has 0 amide bonds. The number of terminal acetylenes is 1. The minimum atomic E-state index is -1.12. The van der Waals surface area contributed by atoms with Crippen molar-refractivity contribution in [2.45, 2.75) is 26.8 Å². The van der Waals surface area contributed by atoms with Crippen LogP contribution < -0.4 is 4.90 Å². The highest BCUT2D eigenvalue weighted by Gasteiger charge is 2.31. The van der Waals surface area contributed by atoms with E-state index >= 15 is 0 Å². The first-order valence-corrected chi connectivity index (χ1v) is 5.93. The monoisotopic (exact) mass is 280 g/mol. The fourth-order valence-electron chi connectivity index (χ4n) is 1.87. The van der Waals surface area contributed by atoms with Crippen molar-refractivity contribution >= 4 is 17.5 Å². The number of aliphatic carboxylic acids is 1. The number of carbonyl (C=O) groups is 1. The van der Waals surface area contributed by atoms with E-state index < -0.39 is 17.4 Å². The summed E-state index contributed by atoms with van der Waals surface area (Å²) in [5, 5.41) is 24.2. The van der Waals surface area contributed by atoms with Crippen molar-refractivity contribution in [1.29, 1.82) is 0 Å². The number of anilines is 1. The van der Waals surface area contributed by atoms with Gasteiger partial charge in [0.1, 0.15) is 12.2 Å². The molecule has 1 aromatic rings. The van der Waals surface area contributed by atoms with E-state index in [1.54, 1.807) is 13.8 Å². The molecule has 0 fully saturated rings. The van der Waals surface area contributed by atoms with Gasteiger partial charge in [0.15, 0.2) is 0 Å². The Hall–Kier alpha value is -2.56. The highest BCUT2D eigenvalue weighted by Crippen LogP contribution is 2.33. The number of hydrogen-bond acceptors (Lipinski definition) is 5. The molecule has 0 atom stereocenters. The Morgan fingerprint density at radius 2 is 2.25 bits per heavy atom. The van der Waals surface area contributed by atoms with Gasteiger partial charge in [-0.05, 0) is 20.8 Å². The van der Waals surface area contributed by atoms with Crippen molar-refractivity contribution < 1.29 is 14.8 Å². The molecular formula is C12H16N4O4. The standard InChI is InChI=1S/C12H16N4O4/c1-5-6-14(7-10(17)18)12-11(16(19)20)9(4)13-15(12)8(2)3/h1,8H,6-7H2,2-4H3,(H,17,18). The van der Waals surface area contributed by atoms with E-state index in [-0.39, 0.29) is 29.8 Å². The fraction of sp³-hybridized carbons (Fsp3) is 0.500. The Labute approximate surface area is 116 Å². The predicted molar refractivity (Wildman–Crippen MR) is 72.7 cm³/mol. The molecule has 0 aliphatic rings. The molecule has 0 bridgehead atoms. The summed E-state index contributed by atoms with van der Waals surface area (Å²) in [7, 11) is 0. The molecule has 108 valence electrons. The van der Waals surface area contributed by atoms with Gasteiger partial charge in [-0.2, -0.15) is 5.10 Å². The lowest BCUT2D eigenvalue weighted by Crippen LogP contribution is -2.32. The van der Waals surface area contributed by atoms with Crippen LogP contribution in [-0.2, 0) is 4.79 Å². The summed E-state index contributed by atoms with van der Waals surface area (Å²) in [5.41, 5.74) is 0.0151. The molecule has 0 saturated heterocycles. The Morgan fingerprint density at radius 1 is 1.65 bits per heavy atom. The smallest absolute Gasteiger partial charge is 0.333 e. The third-order valence-electron chi connectivity index (χ3n) is 2.61. The summed E-state index contributed by atoms with van der Waals surface area (Å²) in [5.74, 6) is 1.32. The van der Waals surface area contributed by atoms with Crippen molar-refractivity contribution in [2.24, 2.45) is 0 Å². The van der Waals surface area contributed by atoms with Crippen LogP contribution in [0, 0.1) is 29.4 Å². The van der Waals surface area contributed by atoms with Crippen LogP contribution in [0.1, 0.15) is 25.6 Å². The quantitative estimate of drug-likeness (QED) is 0.477. The number of carboxylic acids is 1. The van der Waals surface area contributed by atoms with E-state index in [9.17, 15) is 14.9 Å². The third-order valence-corrected chi connectivity index (χ3v) is 2.61. The SMILES string of the molecule is C#CCN(CC(=O)O)c1c([N+](=O)[O-])c(C)nn1C(C)C. The van der Waals surface area contributed by atoms with Crippen molar-refractivity contribution in [2.75, 3.05) is 18.0 Å². The largest absolute Gasteiger partial charge is 0.480 e. The molecule has 1 rings (SSSR count). The van der Waals surface area contributed by atoms with Gasteiger partial charge < -0.3 is 10.0 Å². The number of nitrogens with zero attached hydrogens (tertiary/aromatic N) is 4. The molecule has 0 saturated carbocycles. The Morgan fingerprint density at radius 3 is 2.65 bits per heavy atom. The topological polar surface area (TPSA) is 102 Å². The molecule has 0 unspecified atom stereocenters. The zero-order valence-corrected chi connectivity index (χ0v) is 11.5. The third kappa shape index (κ3) is 3.06. The fourth-order valence-corrected chi connectivity index (χ4v) is 1.87. The van der Waals surface area contributed by atoms with Crippen molar-refractivity contribution in [3.8, 4) is 12.3 Å². The lowest BCUT2D eigenvalue weighted by atomic mass is 10.3. The second-order valence-corrected chi connectivity index (χ2v) is 4.51. The van der Waals surface area contributed by atoms with Crippen molar-refractivity contribution in [3.63, 3.8) is 0 Å². The van der Waals surface area contributed by atoms with Gasteiger partial charge in [-0.15, -0.1) is 6.42 Å². The van der Waals surface area contributed by atoms with Gasteiger partial charge in [-0.25, -0.2) is 4.68 Å². The first-order valence-electron chi connectivity index (χ1n) is 5.93. The maximum Gasteiger partial charge on any atom is 0.333 e.